The number of benzene rings is 2. The standard InChI is InChI=1S/C23H23F3N6O4S/c1-2-30-9-11-31(12-10-30)19-8-5-16(23(24,25)26)13-18(19)27-20(33)14-37-22-29-28-21(36-22)15-3-6-17(7-4-15)32(34)35/h3-8,13H,2,9-12,14H2,1H3,(H,27,33). The number of anilines is 2. The second-order valence-electron chi connectivity index (χ2n) is 8.16. The largest absolute Gasteiger partial charge is 0.416 e. The van der Waals surface area contributed by atoms with E-state index in [-0.39, 0.29) is 28.2 Å². The summed E-state index contributed by atoms with van der Waals surface area (Å²) in [6.45, 7) is 5.75. The van der Waals surface area contributed by atoms with Crippen LogP contribution < -0.4 is 10.2 Å². The van der Waals surface area contributed by atoms with Gasteiger partial charge in [0.2, 0.25) is 11.8 Å². The molecule has 14 heteroatoms. The van der Waals surface area contributed by atoms with Crippen molar-refractivity contribution in [3.05, 3.63) is 58.1 Å². The summed E-state index contributed by atoms with van der Waals surface area (Å²) < 4.78 is 45.6. The van der Waals surface area contributed by atoms with Crippen molar-refractivity contribution in [3.63, 3.8) is 0 Å². The molecule has 37 heavy (non-hydrogen) atoms. The molecule has 1 amide bonds. The van der Waals surface area contributed by atoms with E-state index >= 15 is 0 Å². The number of nitro groups is 1. The molecule has 0 spiro atoms. The van der Waals surface area contributed by atoms with Crippen LogP contribution in [0.4, 0.5) is 30.2 Å². The lowest BCUT2D eigenvalue weighted by atomic mass is 10.1. The summed E-state index contributed by atoms with van der Waals surface area (Å²) >= 11 is 0.923. The van der Waals surface area contributed by atoms with Crippen molar-refractivity contribution in [2.45, 2.75) is 18.3 Å². The van der Waals surface area contributed by atoms with Gasteiger partial charge < -0.3 is 19.5 Å². The lowest BCUT2D eigenvalue weighted by Crippen LogP contribution is -2.46. The monoisotopic (exact) mass is 536 g/mol. The van der Waals surface area contributed by atoms with Crippen molar-refractivity contribution in [2.24, 2.45) is 0 Å². The molecule has 2 aromatic carbocycles. The van der Waals surface area contributed by atoms with E-state index in [1.165, 1.54) is 30.3 Å². The number of aromatic nitrogens is 2. The van der Waals surface area contributed by atoms with Gasteiger partial charge in [-0.2, -0.15) is 13.2 Å². The molecule has 1 N–H and O–H groups in total. The highest BCUT2D eigenvalue weighted by Gasteiger charge is 2.32. The fraction of sp³-hybridized carbons (Fsp3) is 0.348. The number of likely N-dealkylation sites (N-methyl/N-ethyl adjacent to an activating group) is 1. The Morgan fingerprint density at radius 3 is 2.46 bits per heavy atom. The van der Waals surface area contributed by atoms with Crippen molar-refractivity contribution in [3.8, 4) is 11.5 Å². The zero-order chi connectivity index (χ0) is 26.6. The fourth-order valence-electron chi connectivity index (χ4n) is 3.82. The van der Waals surface area contributed by atoms with Gasteiger partial charge in [0, 0.05) is 43.9 Å². The molecule has 1 aliphatic heterocycles. The van der Waals surface area contributed by atoms with Crippen molar-refractivity contribution >= 4 is 34.7 Å². The van der Waals surface area contributed by atoms with Crippen molar-refractivity contribution < 1.29 is 27.3 Å². The maximum atomic E-state index is 13.4. The molecule has 4 rings (SSSR count). The summed E-state index contributed by atoms with van der Waals surface area (Å²) in [4.78, 5) is 27.1. The number of nitrogens with one attached hydrogen (secondary N) is 1. The predicted molar refractivity (Wildman–Crippen MR) is 132 cm³/mol. The Kier molecular flexibility index (Phi) is 7.97. The minimum atomic E-state index is -4.55. The molecule has 3 aromatic rings. The molecule has 0 bridgehead atoms. The summed E-state index contributed by atoms with van der Waals surface area (Å²) in [6, 6.07) is 8.88. The number of nitro benzene ring substituents is 1. The van der Waals surface area contributed by atoms with Gasteiger partial charge in [-0.15, -0.1) is 10.2 Å². The van der Waals surface area contributed by atoms with E-state index < -0.39 is 22.6 Å². The molecule has 1 aromatic heterocycles. The van der Waals surface area contributed by atoms with Crippen LogP contribution in [0.15, 0.2) is 52.1 Å². The Balaban J connectivity index is 1.43. The number of alkyl halides is 3. The molecule has 0 saturated carbocycles. The zero-order valence-corrected chi connectivity index (χ0v) is 20.5. The minimum absolute atomic E-state index is 0.0726. The average Bonchev–Trinajstić information content (AvgIpc) is 3.36. The quantitative estimate of drug-likeness (QED) is 0.252. The van der Waals surface area contributed by atoms with Gasteiger partial charge in [0.15, 0.2) is 0 Å². The van der Waals surface area contributed by atoms with Gasteiger partial charge in [0.05, 0.1) is 27.6 Å². The molecule has 0 aliphatic carbocycles. The molecular formula is C23H23F3N6O4S. The minimum Gasteiger partial charge on any atom is -0.411 e. The van der Waals surface area contributed by atoms with Crippen LogP contribution >= 0.6 is 11.8 Å². The maximum absolute atomic E-state index is 13.4. The first kappa shape index (κ1) is 26.4. The van der Waals surface area contributed by atoms with E-state index in [1.54, 1.807) is 0 Å². The number of non-ortho nitro benzene ring substituents is 1. The predicted octanol–water partition coefficient (Wildman–Crippen LogP) is 4.54. The Hall–Kier alpha value is -3.65. The van der Waals surface area contributed by atoms with Gasteiger partial charge in [0.25, 0.3) is 10.9 Å². The molecular weight excluding hydrogens is 513 g/mol. The SMILES string of the molecule is CCN1CCN(c2ccc(C(F)(F)F)cc2NC(=O)CSc2nnc(-c3ccc([N+](=O)[O-])cc3)o2)CC1. The first-order valence-corrected chi connectivity index (χ1v) is 12.3. The number of carbonyl (C=O) groups is 1. The molecule has 1 aliphatic rings. The summed E-state index contributed by atoms with van der Waals surface area (Å²) in [5, 5.41) is 21.2. The zero-order valence-electron chi connectivity index (χ0n) is 19.7. The van der Waals surface area contributed by atoms with E-state index in [0.717, 1.165) is 43.5 Å². The third kappa shape index (κ3) is 6.57. The summed E-state index contributed by atoms with van der Waals surface area (Å²) in [6.07, 6.45) is -4.55. The van der Waals surface area contributed by atoms with E-state index in [4.69, 9.17) is 4.42 Å². The van der Waals surface area contributed by atoms with Gasteiger partial charge in [0.1, 0.15) is 0 Å². The lowest BCUT2D eigenvalue weighted by molar-refractivity contribution is -0.384. The number of piperazine rings is 1. The normalized spacial score (nSPS) is 14.5. The number of hydrogen-bond donors (Lipinski definition) is 1. The van der Waals surface area contributed by atoms with Gasteiger partial charge in [-0.1, -0.05) is 18.7 Å². The first-order chi connectivity index (χ1) is 17.6. The topological polar surface area (TPSA) is 118 Å². The molecule has 196 valence electrons. The number of hydrogen-bond acceptors (Lipinski definition) is 9. The number of nitrogens with zero attached hydrogens (tertiary/aromatic N) is 5. The Morgan fingerprint density at radius 1 is 1.14 bits per heavy atom. The number of amides is 1. The lowest BCUT2D eigenvalue weighted by Gasteiger charge is -2.36. The van der Waals surface area contributed by atoms with Crippen molar-refractivity contribution in [1.82, 2.24) is 15.1 Å². The molecule has 1 fully saturated rings. The van der Waals surface area contributed by atoms with Crippen LogP contribution in [0.5, 0.6) is 0 Å². The van der Waals surface area contributed by atoms with Crippen LogP contribution in [0, 0.1) is 10.1 Å². The summed E-state index contributed by atoms with van der Waals surface area (Å²) in [5.41, 5.74) is 0.140. The third-order valence-corrected chi connectivity index (χ3v) is 6.63. The van der Waals surface area contributed by atoms with Crippen LogP contribution in [-0.2, 0) is 11.0 Å². The second-order valence-corrected chi connectivity index (χ2v) is 9.09. The van der Waals surface area contributed by atoms with E-state index in [2.05, 4.69) is 27.3 Å². The molecule has 2 heterocycles. The summed E-state index contributed by atoms with van der Waals surface area (Å²) in [5.74, 6) is -0.599. The average molecular weight is 537 g/mol. The van der Waals surface area contributed by atoms with Crippen LogP contribution in [0.3, 0.4) is 0 Å². The van der Waals surface area contributed by atoms with E-state index in [9.17, 15) is 28.1 Å². The first-order valence-electron chi connectivity index (χ1n) is 11.3. The smallest absolute Gasteiger partial charge is 0.411 e. The number of thioether (sulfide) groups is 1. The van der Waals surface area contributed by atoms with Crippen molar-refractivity contribution in [1.29, 1.82) is 0 Å². The van der Waals surface area contributed by atoms with Crippen LogP contribution in [0.2, 0.25) is 0 Å². The van der Waals surface area contributed by atoms with Crippen molar-refractivity contribution in [2.75, 3.05) is 48.7 Å². The number of rotatable bonds is 8. The number of carbonyl (C=O) groups excluding carboxylic acids is 1. The molecule has 0 radical (unpaired) electrons. The molecule has 0 atom stereocenters. The Labute approximate surface area is 214 Å². The highest BCUT2D eigenvalue weighted by atomic mass is 32.2. The third-order valence-electron chi connectivity index (χ3n) is 5.82. The molecule has 10 nitrogen and oxygen atoms in total. The van der Waals surface area contributed by atoms with Gasteiger partial charge in [-0.05, 0) is 36.9 Å². The van der Waals surface area contributed by atoms with E-state index in [1.807, 2.05) is 4.90 Å². The second kappa shape index (κ2) is 11.2. The highest BCUT2D eigenvalue weighted by molar-refractivity contribution is 7.99. The van der Waals surface area contributed by atoms with Crippen LogP contribution in [-0.4, -0.2) is 64.4 Å². The molecule has 1 saturated heterocycles. The molecule has 0 unspecified atom stereocenters. The van der Waals surface area contributed by atoms with Crippen LogP contribution in [0.25, 0.3) is 11.5 Å². The fourth-order valence-corrected chi connectivity index (χ4v) is 4.38. The summed E-state index contributed by atoms with van der Waals surface area (Å²) in [7, 11) is 0. The maximum Gasteiger partial charge on any atom is 0.416 e. The Morgan fingerprint density at radius 2 is 1.84 bits per heavy atom. The van der Waals surface area contributed by atoms with Gasteiger partial charge >= 0.3 is 6.18 Å². The van der Waals surface area contributed by atoms with Gasteiger partial charge in [-0.3, -0.25) is 14.9 Å². The highest BCUT2D eigenvalue weighted by Crippen LogP contribution is 2.36. The van der Waals surface area contributed by atoms with Gasteiger partial charge in [-0.25, -0.2) is 0 Å². The van der Waals surface area contributed by atoms with Crippen LogP contribution in [0.1, 0.15) is 12.5 Å². The number of halogens is 3. The Bertz CT molecular complexity index is 1260. The van der Waals surface area contributed by atoms with E-state index in [0.29, 0.717) is 24.3 Å².